The van der Waals surface area contributed by atoms with Gasteiger partial charge >= 0.3 is 0 Å². The van der Waals surface area contributed by atoms with Gasteiger partial charge in [0, 0.05) is 32.4 Å². The molecule has 0 aromatic heterocycles. The summed E-state index contributed by atoms with van der Waals surface area (Å²) in [5.74, 6) is 0.611. The molecule has 1 unspecified atom stereocenters. The summed E-state index contributed by atoms with van der Waals surface area (Å²) in [6.07, 6.45) is 2.15. The summed E-state index contributed by atoms with van der Waals surface area (Å²) in [5, 5.41) is 0. The van der Waals surface area contributed by atoms with Crippen LogP contribution in [0.4, 0.5) is 0 Å². The molecule has 3 nitrogen and oxygen atoms in total. The molecule has 0 aromatic rings. The number of amides is 1. The van der Waals surface area contributed by atoms with Crippen LogP contribution >= 0.6 is 0 Å². The van der Waals surface area contributed by atoms with Crippen molar-refractivity contribution in [1.29, 1.82) is 0 Å². The van der Waals surface area contributed by atoms with E-state index in [1.165, 1.54) is 0 Å². The second-order valence-electron chi connectivity index (χ2n) is 6.50. The minimum Gasteiger partial charge on any atom is -0.349 e. The van der Waals surface area contributed by atoms with Crippen LogP contribution in [0.3, 0.4) is 0 Å². The van der Waals surface area contributed by atoms with Gasteiger partial charge < -0.3 is 4.90 Å². The Kier molecular flexibility index (Phi) is 6.58. The van der Waals surface area contributed by atoms with Crippen molar-refractivity contribution in [1.82, 2.24) is 4.90 Å². The summed E-state index contributed by atoms with van der Waals surface area (Å²) in [6.45, 7) is 10.1. The molecule has 0 spiro atoms. The highest BCUT2D eigenvalue weighted by molar-refractivity contribution is 5.83. The topological polar surface area (TPSA) is 37.4 Å². The van der Waals surface area contributed by atoms with Crippen molar-refractivity contribution in [3.8, 4) is 0 Å². The third-order valence-electron chi connectivity index (χ3n) is 3.39. The van der Waals surface area contributed by atoms with E-state index in [0.29, 0.717) is 12.2 Å². The van der Waals surface area contributed by atoms with Crippen molar-refractivity contribution in [2.45, 2.75) is 53.9 Å². The van der Waals surface area contributed by atoms with Gasteiger partial charge in [-0.05, 0) is 18.3 Å². The summed E-state index contributed by atoms with van der Waals surface area (Å²) in [6, 6.07) is 0. The van der Waals surface area contributed by atoms with Crippen LogP contribution in [0, 0.1) is 17.3 Å². The van der Waals surface area contributed by atoms with E-state index in [1.54, 1.807) is 19.0 Å². The molecule has 0 fully saturated rings. The molecule has 1 amide bonds. The molecule has 0 aliphatic carbocycles. The number of nitrogens with zero attached hydrogens (tertiary/aromatic N) is 1. The van der Waals surface area contributed by atoms with Crippen molar-refractivity contribution >= 4 is 11.7 Å². The summed E-state index contributed by atoms with van der Waals surface area (Å²) < 4.78 is 0. The first-order valence-corrected chi connectivity index (χ1v) is 6.84. The van der Waals surface area contributed by atoms with Crippen molar-refractivity contribution in [3.63, 3.8) is 0 Å². The number of Topliss-reactive ketones (excluding diaryl/α,β-unsaturated/α-hetero) is 1. The van der Waals surface area contributed by atoms with E-state index in [4.69, 9.17) is 0 Å². The van der Waals surface area contributed by atoms with Gasteiger partial charge in [0.1, 0.15) is 5.78 Å². The first kappa shape index (κ1) is 17.1. The Morgan fingerprint density at radius 2 is 1.67 bits per heavy atom. The summed E-state index contributed by atoms with van der Waals surface area (Å²) in [7, 11) is 3.55. The zero-order chi connectivity index (χ0) is 14.5. The Bertz CT molecular complexity index is 293. The lowest BCUT2D eigenvalue weighted by Gasteiger charge is -2.30. The fourth-order valence-corrected chi connectivity index (χ4v) is 2.22. The van der Waals surface area contributed by atoms with Crippen molar-refractivity contribution in [2.75, 3.05) is 14.1 Å². The number of carbonyl (C=O) groups excluding carboxylic acids is 2. The largest absolute Gasteiger partial charge is 0.349 e. The highest BCUT2D eigenvalue weighted by atomic mass is 16.2. The van der Waals surface area contributed by atoms with Gasteiger partial charge in [-0.15, -0.1) is 0 Å². The van der Waals surface area contributed by atoms with Crippen LogP contribution in [0.2, 0.25) is 0 Å². The molecule has 0 heterocycles. The Labute approximate surface area is 112 Å². The standard InChI is InChI=1S/C15H29NO2/c1-8-12(14(18)11(2)3)9-15(4,5)10-13(17)16(6)7/h11-12H,8-10H2,1-7H3. The number of hydrogen-bond donors (Lipinski definition) is 0. The van der Waals surface area contributed by atoms with Crippen molar-refractivity contribution in [2.24, 2.45) is 17.3 Å². The fraction of sp³-hybridized carbons (Fsp3) is 0.867. The Morgan fingerprint density at radius 1 is 1.17 bits per heavy atom. The molecule has 0 saturated carbocycles. The average molecular weight is 255 g/mol. The van der Waals surface area contributed by atoms with E-state index in [-0.39, 0.29) is 23.2 Å². The summed E-state index contributed by atoms with van der Waals surface area (Å²) in [5.41, 5.74) is -0.118. The lowest BCUT2D eigenvalue weighted by Crippen LogP contribution is -2.31. The molecule has 0 rings (SSSR count). The van der Waals surface area contributed by atoms with Crippen LogP contribution in [-0.2, 0) is 9.59 Å². The molecule has 1 atom stereocenters. The molecule has 0 aliphatic heterocycles. The number of carbonyl (C=O) groups is 2. The summed E-state index contributed by atoms with van der Waals surface area (Å²) >= 11 is 0. The van der Waals surface area contributed by atoms with Gasteiger partial charge in [0.15, 0.2) is 0 Å². The predicted octanol–water partition coefficient (Wildman–Crippen LogP) is 3.13. The highest BCUT2D eigenvalue weighted by Gasteiger charge is 2.30. The van der Waals surface area contributed by atoms with Crippen molar-refractivity contribution < 1.29 is 9.59 Å². The molecular formula is C15H29NO2. The monoisotopic (exact) mass is 255 g/mol. The molecule has 18 heavy (non-hydrogen) atoms. The van der Waals surface area contributed by atoms with Gasteiger partial charge in [-0.1, -0.05) is 34.6 Å². The quantitative estimate of drug-likeness (QED) is 0.701. The first-order chi connectivity index (χ1) is 8.10. The maximum absolute atomic E-state index is 12.1. The molecule has 0 bridgehead atoms. The van der Waals surface area contributed by atoms with Crippen LogP contribution in [0.15, 0.2) is 0 Å². The van der Waals surface area contributed by atoms with Crippen LogP contribution in [0.5, 0.6) is 0 Å². The second kappa shape index (κ2) is 6.91. The number of hydrogen-bond acceptors (Lipinski definition) is 2. The average Bonchev–Trinajstić information content (AvgIpc) is 2.23. The van der Waals surface area contributed by atoms with E-state index in [9.17, 15) is 9.59 Å². The zero-order valence-corrected chi connectivity index (χ0v) is 13.0. The molecule has 106 valence electrons. The molecule has 0 aliphatic rings. The van der Waals surface area contributed by atoms with Gasteiger partial charge in [-0.25, -0.2) is 0 Å². The predicted molar refractivity (Wildman–Crippen MR) is 75.3 cm³/mol. The molecular weight excluding hydrogens is 226 g/mol. The van der Waals surface area contributed by atoms with Gasteiger partial charge in [0.05, 0.1) is 0 Å². The minimum atomic E-state index is -0.118. The molecule has 3 heteroatoms. The van der Waals surface area contributed by atoms with Gasteiger partial charge in [-0.2, -0.15) is 0 Å². The normalized spacial score (nSPS) is 13.6. The maximum Gasteiger partial charge on any atom is 0.222 e. The Morgan fingerprint density at radius 3 is 2.00 bits per heavy atom. The third kappa shape index (κ3) is 5.65. The lowest BCUT2D eigenvalue weighted by molar-refractivity contribution is -0.132. The van der Waals surface area contributed by atoms with Crippen LogP contribution < -0.4 is 0 Å². The second-order valence-corrected chi connectivity index (χ2v) is 6.50. The smallest absolute Gasteiger partial charge is 0.222 e. The van der Waals surface area contributed by atoms with Crippen LogP contribution in [-0.4, -0.2) is 30.7 Å². The van der Waals surface area contributed by atoms with Crippen LogP contribution in [0.25, 0.3) is 0 Å². The van der Waals surface area contributed by atoms with E-state index < -0.39 is 0 Å². The van der Waals surface area contributed by atoms with Crippen LogP contribution in [0.1, 0.15) is 53.9 Å². The van der Waals surface area contributed by atoms with Gasteiger partial charge in [-0.3, -0.25) is 9.59 Å². The maximum atomic E-state index is 12.1. The zero-order valence-electron chi connectivity index (χ0n) is 13.0. The van der Waals surface area contributed by atoms with E-state index >= 15 is 0 Å². The molecule has 0 aromatic carbocycles. The molecule has 0 N–H and O–H groups in total. The molecule has 0 saturated heterocycles. The number of ketones is 1. The first-order valence-electron chi connectivity index (χ1n) is 6.84. The van der Waals surface area contributed by atoms with E-state index in [1.807, 2.05) is 13.8 Å². The van der Waals surface area contributed by atoms with Gasteiger partial charge in [0.25, 0.3) is 0 Å². The summed E-state index contributed by atoms with van der Waals surface area (Å²) in [4.78, 5) is 25.5. The Hall–Kier alpha value is -0.860. The van der Waals surface area contributed by atoms with E-state index in [0.717, 1.165) is 12.8 Å². The minimum absolute atomic E-state index is 0.0787. The van der Waals surface area contributed by atoms with Gasteiger partial charge in [0.2, 0.25) is 5.91 Å². The van der Waals surface area contributed by atoms with Crippen molar-refractivity contribution in [3.05, 3.63) is 0 Å². The van der Waals surface area contributed by atoms with E-state index in [2.05, 4.69) is 20.8 Å². The fourth-order valence-electron chi connectivity index (χ4n) is 2.22. The highest BCUT2D eigenvalue weighted by Crippen LogP contribution is 2.32. The lowest BCUT2D eigenvalue weighted by atomic mass is 9.76. The third-order valence-corrected chi connectivity index (χ3v) is 3.39. The molecule has 0 radical (unpaired) electrons. The Balaban J connectivity index is 4.62. The number of rotatable bonds is 7. The SMILES string of the molecule is CCC(CC(C)(C)CC(=O)N(C)C)C(=O)C(C)C.